The smallest absolute Gasteiger partial charge is 0.234 e. The number of likely N-dealkylation sites (tertiary alicyclic amines) is 1. The lowest BCUT2D eigenvalue weighted by molar-refractivity contribution is -0.124. The Morgan fingerprint density at radius 2 is 2.25 bits per heavy atom. The van der Waals surface area contributed by atoms with E-state index in [1.165, 1.54) is 0 Å². The van der Waals surface area contributed by atoms with Gasteiger partial charge in [-0.25, -0.2) is 0 Å². The Labute approximate surface area is 97.3 Å². The average Bonchev–Trinajstić information content (AvgIpc) is 2.16. The Morgan fingerprint density at radius 3 is 2.81 bits per heavy atom. The van der Waals surface area contributed by atoms with Gasteiger partial charge in [-0.1, -0.05) is 13.3 Å². The van der Waals surface area contributed by atoms with Crippen LogP contribution < -0.4 is 11.1 Å². The van der Waals surface area contributed by atoms with Crippen LogP contribution in [-0.2, 0) is 9.53 Å². The third kappa shape index (κ3) is 4.08. The highest BCUT2D eigenvalue weighted by Crippen LogP contribution is 2.22. The van der Waals surface area contributed by atoms with Crippen LogP contribution in [0.25, 0.3) is 0 Å². The lowest BCUT2D eigenvalue weighted by atomic mass is 9.86. The molecule has 0 bridgehead atoms. The predicted octanol–water partition coefficient (Wildman–Crippen LogP) is -0.438. The van der Waals surface area contributed by atoms with Crippen molar-refractivity contribution in [2.75, 3.05) is 39.9 Å². The summed E-state index contributed by atoms with van der Waals surface area (Å²) in [5.74, 6) is 0.0515. The fourth-order valence-electron chi connectivity index (χ4n) is 2.16. The Morgan fingerprint density at radius 1 is 1.56 bits per heavy atom. The van der Waals surface area contributed by atoms with Crippen LogP contribution in [0.3, 0.4) is 0 Å². The van der Waals surface area contributed by atoms with E-state index in [1.807, 2.05) is 0 Å². The number of carbonyl (C=O) groups excluding carboxylic acids is 1. The van der Waals surface area contributed by atoms with Gasteiger partial charge in [-0.05, 0) is 6.42 Å². The lowest BCUT2D eigenvalue weighted by Gasteiger charge is -2.47. The zero-order valence-corrected chi connectivity index (χ0v) is 10.3. The van der Waals surface area contributed by atoms with Crippen LogP contribution in [0, 0.1) is 0 Å². The Balaban J connectivity index is 2.09. The Bertz CT molecular complexity index is 227. The highest BCUT2D eigenvalue weighted by atomic mass is 16.5. The van der Waals surface area contributed by atoms with E-state index in [2.05, 4.69) is 17.1 Å². The molecule has 0 aliphatic carbocycles. The topological polar surface area (TPSA) is 67.6 Å². The van der Waals surface area contributed by atoms with Crippen molar-refractivity contribution in [1.82, 2.24) is 10.2 Å². The number of nitrogens with zero attached hydrogens (tertiary/aromatic N) is 1. The summed E-state index contributed by atoms with van der Waals surface area (Å²) in [6.45, 7) is 5.38. The SMILES string of the molecule is CCCC1(N)CN(CC(=O)NCCOC)C1. The molecule has 94 valence electrons. The van der Waals surface area contributed by atoms with Gasteiger partial charge in [0.2, 0.25) is 5.91 Å². The van der Waals surface area contributed by atoms with Crippen molar-refractivity contribution >= 4 is 5.91 Å². The van der Waals surface area contributed by atoms with E-state index < -0.39 is 0 Å². The zero-order chi connectivity index (χ0) is 12.0. The van der Waals surface area contributed by atoms with Crippen molar-refractivity contribution in [3.8, 4) is 0 Å². The van der Waals surface area contributed by atoms with E-state index in [9.17, 15) is 4.79 Å². The molecular formula is C11H23N3O2. The van der Waals surface area contributed by atoms with Gasteiger partial charge in [0, 0.05) is 32.3 Å². The Hall–Kier alpha value is -0.650. The maximum Gasteiger partial charge on any atom is 0.234 e. The molecule has 0 aromatic carbocycles. The molecule has 0 aromatic heterocycles. The van der Waals surface area contributed by atoms with Gasteiger partial charge in [0.25, 0.3) is 0 Å². The van der Waals surface area contributed by atoms with Gasteiger partial charge >= 0.3 is 0 Å². The maximum atomic E-state index is 11.4. The second-order valence-corrected chi connectivity index (χ2v) is 4.60. The number of ether oxygens (including phenoxy) is 1. The van der Waals surface area contributed by atoms with Gasteiger partial charge in [-0.15, -0.1) is 0 Å². The quantitative estimate of drug-likeness (QED) is 0.581. The van der Waals surface area contributed by atoms with Gasteiger partial charge in [-0.3, -0.25) is 9.69 Å². The molecule has 5 heteroatoms. The standard InChI is InChI=1S/C11H23N3O2/c1-3-4-11(12)8-14(9-11)7-10(15)13-5-6-16-2/h3-9,12H2,1-2H3,(H,13,15). The molecule has 0 radical (unpaired) electrons. The first-order valence-electron chi connectivity index (χ1n) is 5.86. The third-order valence-electron chi connectivity index (χ3n) is 2.82. The molecule has 0 atom stereocenters. The number of hydrogen-bond donors (Lipinski definition) is 2. The van der Waals surface area contributed by atoms with Crippen LogP contribution in [0.4, 0.5) is 0 Å². The highest BCUT2D eigenvalue weighted by molar-refractivity contribution is 5.78. The number of nitrogens with one attached hydrogen (secondary N) is 1. The number of nitrogens with two attached hydrogens (primary N) is 1. The monoisotopic (exact) mass is 229 g/mol. The molecule has 0 aromatic rings. The molecule has 1 amide bonds. The summed E-state index contributed by atoms with van der Waals surface area (Å²) in [5.41, 5.74) is 6.05. The summed E-state index contributed by atoms with van der Waals surface area (Å²) >= 11 is 0. The zero-order valence-electron chi connectivity index (χ0n) is 10.3. The van der Waals surface area contributed by atoms with Gasteiger partial charge in [0.15, 0.2) is 0 Å². The van der Waals surface area contributed by atoms with Crippen LogP contribution in [0.1, 0.15) is 19.8 Å². The van der Waals surface area contributed by atoms with Gasteiger partial charge < -0.3 is 15.8 Å². The van der Waals surface area contributed by atoms with Gasteiger partial charge in [0.1, 0.15) is 0 Å². The second-order valence-electron chi connectivity index (χ2n) is 4.60. The molecule has 1 saturated heterocycles. The van der Waals surface area contributed by atoms with Crippen molar-refractivity contribution in [2.45, 2.75) is 25.3 Å². The second kappa shape index (κ2) is 6.18. The van der Waals surface area contributed by atoms with Crippen molar-refractivity contribution in [1.29, 1.82) is 0 Å². The molecule has 0 saturated carbocycles. The van der Waals surface area contributed by atoms with Crippen LogP contribution >= 0.6 is 0 Å². The molecule has 1 rings (SSSR count). The largest absolute Gasteiger partial charge is 0.383 e. The molecule has 16 heavy (non-hydrogen) atoms. The molecule has 0 spiro atoms. The van der Waals surface area contributed by atoms with Crippen molar-refractivity contribution in [3.05, 3.63) is 0 Å². The van der Waals surface area contributed by atoms with Crippen LogP contribution in [0.15, 0.2) is 0 Å². The minimum absolute atomic E-state index is 0.0515. The van der Waals surface area contributed by atoms with Crippen LogP contribution in [0.2, 0.25) is 0 Å². The van der Waals surface area contributed by atoms with E-state index in [0.717, 1.165) is 25.9 Å². The predicted molar refractivity (Wildman–Crippen MR) is 63.2 cm³/mol. The van der Waals surface area contributed by atoms with Gasteiger partial charge in [-0.2, -0.15) is 0 Å². The molecule has 1 aliphatic heterocycles. The minimum atomic E-state index is -0.0540. The molecule has 3 N–H and O–H groups in total. The number of hydrogen-bond acceptors (Lipinski definition) is 4. The first-order chi connectivity index (χ1) is 7.59. The van der Waals surface area contributed by atoms with E-state index in [0.29, 0.717) is 19.7 Å². The fourth-order valence-corrected chi connectivity index (χ4v) is 2.16. The average molecular weight is 229 g/mol. The third-order valence-corrected chi connectivity index (χ3v) is 2.82. The molecule has 5 nitrogen and oxygen atoms in total. The molecule has 1 fully saturated rings. The number of methoxy groups -OCH3 is 1. The molecular weight excluding hydrogens is 206 g/mol. The Kier molecular flexibility index (Phi) is 5.18. The van der Waals surface area contributed by atoms with E-state index in [1.54, 1.807) is 7.11 Å². The summed E-state index contributed by atoms with van der Waals surface area (Å²) in [6, 6.07) is 0. The first kappa shape index (κ1) is 13.4. The van der Waals surface area contributed by atoms with E-state index in [-0.39, 0.29) is 11.4 Å². The summed E-state index contributed by atoms with van der Waals surface area (Å²) < 4.78 is 4.85. The fraction of sp³-hybridized carbons (Fsp3) is 0.909. The van der Waals surface area contributed by atoms with Crippen molar-refractivity contribution in [3.63, 3.8) is 0 Å². The van der Waals surface area contributed by atoms with Crippen LogP contribution in [0.5, 0.6) is 0 Å². The van der Waals surface area contributed by atoms with E-state index >= 15 is 0 Å². The summed E-state index contributed by atoms with van der Waals surface area (Å²) in [7, 11) is 1.62. The first-order valence-corrected chi connectivity index (χ1v) is 5.86. The summed E-state index contributed by atoms with van der Waals surface area (Å²) in [5, 5.41) is 2.80. The number of rotatable bonds is 7. The normalized spacial score (nSPS) is 19.2. The minimum Gasteiger partial charge on any atom is -0.383 e. The van der Waals surface area contributed by atoms with Gasteiger partial charge in [0.05, 0.1) is 13.2 Å². The van der Waals surface area contributed by atoms with E-state index in [4.69, 9.17) is 10.5 Å². The van der Waals surface area contributed by atoms with Crippen molar-refractivity contribution in [2.24, 2.45) is 5.73 Å². The summed E-state index contributed by atoms with van der Waals surface area (Å²) in [4.78, 5) is 13.5. The summed E-state index contributed by atoms with van der Waals surface area (Å²) in [6.07, 6.45) is 2.14. The van der Waals surface area contributed by atoms with Crippen molar-refractivity contribution < 1.29 is 9.53 Å². The molecule has 1 heterocycles. The molecule has 0 unspecified atom stereocenters. The maximum absolute atomic E-state index is 11.4. The lowest BCUT2D eigenvalue weighted by Crippen LogP contribution is -2.68. The number of amides is 1. The van der Waals surface area contributed by atoms with Crippen LogP contribution in [-0.4, -0.2) is 56.2 Å². The highest BCUT2D eigenvalue weighted by Gasteiger charge is 2.38. The number of carbonyl (C=O) groups is 1. The molecule has 1 aliphatic rings.